The van der Waals surface area contributed by atoms with Gasteiger partial charge >= 0.3 is 0 Å². The lowest BCUT2D eigenvalue weighted by molar-refractivity contribution is -0.0430. The molecule has 1 saturated heterocycles. The SMILES string of the molecule is OC[C@@H]1O[C@H](n2cnc3cc(Cl)c(Cl)cc32)C[C@@H]1O. The standard InChI is InChI=1S/C12H12Cl2N2O3/c13-6-1-8-9(2-7(6)14)16(5-15-8)12-3-10(18)11(4-17)19-12/h1-2,5,10-12,17-18H,3-4H2/t10-,11-,12-/m0/s1. The zero-order chi connectivity index (χ0) is 13.6. The maximum Gasteiger partial charge on any atom is 0.138 e. The molecule has 1 fully saturated rings. The zero-order valence-corrected chi connectivity index (χ0v) is 11.3. The first-order chi connectivity index (χ1) is 9.10. The summed E-state index contributed by atoms with van der Waals surface area (Å²) in [6.45, 7) is -0.211. The van der Waals surface area contributed by atoms with Crippen molar-refractivity contribution in [2.24, 2.45) is 0 Å². The van der Waals surface area contributed by atoms with E-state index in [0.717, 1.165) is 5.52 Å². The Morgan fingerprint density at radius 2 is 2.11 bits per heavy atom. The number of halogens is 2. The molecule has 0 radical (unpaired) electrons. The van der Waals surface area contributed by atoms with Crippen LogP contribution in [0.1, 0.15) is 12.6 Å². The van der Waals surface area contributed by atoms with Crippen molar-refractivity contribution in [2.75, 3.05) is 6.61 Å². The summed E-state index contributed by atoms with van der Waals surface area (Å²) in [6, 6.07) is 3.40. The van der Waals surface area contributed by atoms with Crippen molar-refractivity contribution in [3.63, 3.8) is 0 Å². The summed E-state index contributed by atoms with van der Waals surface area (Å²) in [5.41, 5.74) is 1.49. The highest BCUT2D eigenvalue weighted by Gasteiger charge is 2.34. The third kappa shape index (κ3) is 2.22. The van der Waals surface area contributed by atoms with Crippen LogP contribution in [0.25, 0.3) is 11.0 Å². The Morgan fingerprint density at radius 3 is 2.79 bits per heavy atom. The molecule has 5 nitrogen and oxygen atoms in total. The lowest BCUT2D eigenvalue weighted by Crippen LogP contribution is -2.24. The van der Waals surface area contributed by atoms with Crippen LogP contribution in [0.15, 0.2) is 18.5 Å². The molecule has 2 aromatic rings. The molecule has 1 aromatic carbocycles. The van der Waals surface area contributed by atoms with Crippen LogP contribution >= 0.6 is 23.2 Å². The van der Waals surface area contributed by atoms with E-state index < -0.39 is 12.2 Å². The molecule has 0 aliphatic carbocycles. The van der Waals surface area contributed by atoms with Crippen molar-refractivity contribution >= 4 is 34.2 Å². The third-order valence-corrected chi connectivity index (χ3v) is 4.03. The molecule has 1 aromatic heterocycles. The number of hydrogen-bond acceptors (Lipinski definition) is 4. The molecule has 0 unspecified atom stereocenters. The van der Waals surface area contributed by atoms with Gasteiger partial charge in [-0.1, -0.05) is 23.2 Å². The van der Waals surface area contributed by atoms with Crippen LogP contribution < -0.4 is 0 Å². The van der Waals surface area contributed by atoms with Crippen molar-refractivity contribution in [2.45, 2.75) is 24.9 Å². The van der Waals surface area contributed by atoms with Crippen LogP contribution in [0.4, 0.5) is 0 Å². The van der Waals surface area contributed by atoms with Crippen molar-refractivity contribution < 1.29 is 14.9 Å². The van der Waals surface area contributed by atoms with Crippen LogP contribution in [0, 0.1) is 0 Å². The van der Waals surface area contributed by atoms with E-state index in [9.17, 15) is 5.11 Å². The first kappa shape index (κ1) is 13.1. The predicted octanol–water partition coefficient (Wildman–Crippen LogP) is 1.98. The number of aliphatic hydroxyl groups is 2. The van der Waals surface area contributed by atoms with E-state index in [4.69, 9.17) is 33.0 Å². The van der Waals surface area contributed by atoms with E-state index in [0.29, 0.717) is 22.0 Å². The second kappa shape index (κ2) is 4.92. The average molecular weight is 303 g/mol. The molecule has 3 rings (SSSR count). The maximum atomic E-state index is 9.76. The molecule has 2 N–H and O–H groups in total. The second-order valence-electron chi connectivity index (χ2n) is 4.52. The number of aliphatic hydroxyl groups excluding tert-OH is 2. The number of imidazole rings is 1. The van der Waals surface area contributed by atoms with Gasteiger partial charge in [-0.05, 0) is 12.1 Å². The molecule has 1 aliphatic heterocycles. The number of benzene rings is 1. The molecular formula is C12H12Cl2N2O3. The van der Waals surface area contributed by atoms with Crippen molar-refractivity contribution in [1.29, 1.82) is 0 Å². The number of ether oxygens (including phenoxy) is 1. The zero-order valence-electron chi connectivity index (χ0n) is 9.83. The van der Waals surface area contributed by atoms with Gasteiger partial charge in [0.1, 0.15) is 12.3 Å². The Labute approximate surface area is 119 Å². The lowest BCUT2D eigenvalue weighted by atomic mass is 10.2. The normalized spacial score (nSPS) is 27.3. The van der Waals surface area contributed by atoms with Crippen LogP contribution in [0.5, 0.6) is 0 Å². The molecule has 102 valence electrons. The van der Waals surface area contributed by atoms with Gasteiger partial charge in [0, 0.05) is 6.42 Å². The fourth-order valence-electron chi connectivity index (χ4n) is 2.30. The Morgan fingerprint density at radius 1 is 1.37 bits per heavy atom. The smallest absolute Gasteiger partial charge is 0.138 e. The van der Waals surface area contributed by atoms with Gasteiger partial charge in [-0.15, -0.1) is 0 Å². The van der Waals surface area contributed by atoms with Gasteiger partial charge in [0.15, 0.2) is 0 Å². The average Bonchev–Trinajstić information content (AvgIpc) is 2.93. The van der Waals surface area contributed by atoms with E-state index in [2.05, 4.69) is 4.98 Å². The molecule has 0 bridgehead atoms. The van der Waals surface area contributed by atoms with Gasteiger partial charge in [-0.25, -0.2) is 4.98 Å². The molecule has 0 spiro atoms. The maximum absolute atomic E-state index is 9.76. The fraction of sp³-hybridized carbons (Fsp3) is 0.417. The number of fused-ring (bicyclic) bond motifs is 1. The topological polar surface area (TPSA) is 67.5 Å². The molecule has 2 heterocycles. The van der Waals surface area contributed by atoms with Crippen molar-refractivity contribution in [1.82, 2.24) is 9.55 Å². The highest BCUT2D eigenvalue weighted by atomic mass is 35.5. The third-order valence-electron chi connectivity index (χ3n) is 3.31. The summed E-state index contributed by atoms with van der Waals surface area (Å²) in [6.07, 6.45) is 0.403. The Bertz CT molecular complexity index is 616. The Kier molecular flexibility index (Phi) is 3.41. The van der Waals surface area contributed by atoms with E-state index in [1.165, 1.54) is 0 Å². The van der Waals surface area contributed by atoms with E-state index in [-0.39, 0.29) is 12.8 Å². The number of nitrogens with zero attached hydrogens (tertiary/aromatic N) is 2. The first-order valence-corrected chi connectivity index (χ1v) is 6.61. The molecular weight excluding hydrogens is 291 g/mol. The second-order valence-corrected chi connectivity index (χ2v) is 5.34. The summed E-state index contributed by atoms with van der Waals surface area (Å²) in [4.78, 5) is 4.24. The van der Waals surface area contributed by atoms with Crippen molar-refractivity contribution in [3.8, 4) is 0 Å². The highest BCUT2D eigenvalue weighted by molar-refractivity contribution is 6.42. The molecule has 19 heavy (non-hydrogen) atoms. The van der Waals surface area contributed by atoms with E-state index in [1.54, 1.807) is 23.0 Å². The van der Waals surface area contributed by atoms with Gasteiger partial charge in [-0.3, -0.25) is 0 Å². The fourth-order valence-corrected chi connectivity index (χ4v) is 2.62. The minimum atomic E-state index is -0.685. The summed E-state index contributed by atoms with van der Waals surface area (Å²) >= 11 is 11.9. The predicted molar refractivity (Wildman–Crippen MR) is 71.4 cm³/mol. The van der Waals surface area contributed by atoms with E-state index in [1.807, 2.05) is 0 Å². The number of rotatable bonds is 2. The van der Waals surface area contributed by atoms with Gasteiger partial charge < -0.3 is 19.5 Å². The summed E-state index contributed by atoms with van der Waals surface area (Å²) < 4.78 is 7.38. The number of hydrogen-bond donors (Lipinski definition) is 2. The minimum absolute atomic E-state index is 0.211. The van der Waals surface area contributed by atoms with Crippen molar-refractivity contribution in [3.05, 3.63) is 28.5 Å². The van der Waals surface area contributed by atoms with Gasteiger partial charge in [0.25, 0.3) is 0 Å². The Balaban J connectivity index is 2.00. The van der Waals surface area contributed by atoms with Crippen LogP contribution in [0.2, 0.25) is 10.0 Å². The van der Waals surface area contributed by atoms with Crippen LogP contribution in [-0.4, -0.2) is 38.6 Å². The largest absolute Gasteiger partial charge is 0.394 e. The summed E-state index contributed by atoms with van der Waals surface area (Å²) in [5, 5.41) is 19.7. The number of aromatic nitrogens is 2. The molecule has 0 amide bonds. The molecule has 3 atom stereocenters. The minimum Gasteiger partial charge on any atom is -0.394 e. The van der Waals surface area contributed by atoms with E-state index >= 15 is 0 Å². The lowest BCUT2D eigenvalue weighted by Gasteiger charge is -2.14. The molecule has 0 saturated carbocycles. The van der Waals surface area contributed by atoms with Gasteiger partial charge in [0.05, 0.1) is 40.1 Å². The van der Waals surface area contributed by atoms with Crippen LogP contribution in [0.3, 0.4) is 0 Å². The summed E-state index contributed by atoms with van der Waals surface area (Å²) in [7, 11) is 0. The quantitative estimate of drug-likeness (QED) is 0.890. The molecule has 7 heteroatoms. The molecule has 1 aliphatic rings. The summed E-state index contributed by atoms with van der Waals surface area (Å²) in [5.74, 6) is 0. The van der Waals surface area contributed by atoms with Gasteiger partial charge in [0.2, 0.25) is 0 Å². The monoisotopic (exact) mass is 302 g/mol. The van der Waals surface area contributed by atoms with Crippen LogP contribution in [-0.2, 0) is 4.74 Å². The van der Waals surface area contributed by atoms with Gasteiger partial charge in [-0.2, -0.15) is 0 Å². The highest BCUT2D eigenvalue weighted by Crippen LogP contribution is 2.33. The Hall–Kier alpha value is -0.850. The first-order valence-electron chi connectivity index (χ1n) is 5.86.